The van der Waals surface area contributed by atoms with Crippen LogP contribution in [0.5, 0.6) is 23.0 Å². The summed E-state index contributed by atoms with van der Waals surface area (Å²) in [7, 11) is 4.79. The van der Waals surface area contributed by atoms with E-state index in [4.69, 9.17) is 18.9 Å². The average Bonchev–Trinajstić information content (AvgIpc) is 2.77. The molecule has 7 heteroatoms. The molecule has 0 unspecified atom stereocenters. The van der Waals surface area contributed by atoms with Crippen molar-refractivity contribution in [3.05, 3.63) is 53.9 Å². The Bertz CT molecular complexity index is 870. The number of rotatable bonds is 7. The van der Waals surface area contributed by atoms with Crippen LogP contribution in [0, 0.1) is 5.82 Å². The standard InChI is InChI=1S/C22H24FNO5/c1-26-18-12-19(27-2)22(20(13-18)28-3)15-8-10-24(11-9-15)21(25)14-29-17-6-4-16(23)5-7-17/h4-8,12-13H,9-11,14H2,1-3H3. The van der Waals surface area contributed by atoms with E-state index in [0.29, 0.717) is 42.5 Å². The number of carbonyl (C=O) groups excluding carboxylic acids is 1. The van der Waals surface area contributed by atoms with Gasteiger partial charge >= 0.3 is 0 Å². The van der Waals surface area contributed by atoms with Crippen molar-refractivity contribution in [1.29, 1.82) is 0 Å². The number of methoxy groups -OCH3 is 3. The summed E-state index contributed by atoms with van der Waals surface area (Å²) >= 11 is 0. The van der Waals surface area contributed by atoms with Crippen LogP contribution in [0.15, 0.2) is 42.5 Å². The monoisotopic (exact) mass is 401 g/mol. The van der Waals surface area contributed by atoms with Gasteiger partial charge in [0.2, 0.25) is 0 Å². The second-order valence-corrected chi connectivity index (χ2v) is 6.47. The summed E-state index contributed by atoms with van der Waals surface area (Å²) in [5.74, 6) is 1.95. The highest BCUT2D eigenvalue weighted by atomic mass is 19.1. The maximum atomic E-state index is 12.9. The van der Waals surface area contributed by atoms with E-state index in [-0.39, 0.29) is 18.3 Å². The number of halogens is 1. The first-order valence-electron chi connectivity index (χ1n) is 9.21. The molecule has 154 valence electrons. The summed E-state index contributed by atoms with van der Waals surface area (Å²) in [5, 5.41) is 0. The van der Waals surface area contributed by atoms with Gasteiger partial charge in [-0.25, -0.2) is 4.39 Å². The molecule has 1 aliphatic heterocycles. The van der Waals surface area contributed by atoms with Crippen LogP contribution in [0.3, 0.4) is 0 Å². The van der Waals surface area contributed by atoms with Crippen molar-refractivity contribution >= 4 is 11.5 Å². The van der Waals surface area contributed by atoms with E-state index >= 15 is 0 Å². The molecule has 0 saturated heterocycles. The summed E-state index contributed by atoms with van der Waals surface area (Å²) in [5.41, 5.74) is 1.91. The highest BCUT2D eigenvalue weighted by molar-refractivity contribution is 5.81. The number of hydrogen-bond acceptors (Lipinski definition) is 5. The minimum absolute atomic E-state index is 0.0933. The molecule has 0 N–H and O–H groups in total. The molecule has 0 radical (unpaired) electrons. The van der Waals surface area contributed by atoms with E-state index in [0.717, 1.165) is 11.1 Å². The van der Waals surface area contributed by atoms with Gasteiger partial charge in [-0.1, -0.05) is 6.08 Å². The Morgan fingerprint density at radius 2 is 1.66 bits per heavy atom. The van der Waals surface area contributed by atoms with Crippen LogP contribution in [0.1, 0.15) is 12.0 Å². The predicted molar refractivity (Wildman–Crippen MR) is 107 cm³/mol. The van der Waals surface area contributed by atoms with Crippen LogP contribution in [0.4, 0.5) is 4.39 Å². The number of ether oxygens (including phenoxy) is 4. The lowest BCUT2D eigenvalue weighted by molar-refractivity contribution is -0.132. The third kappa shape index (κ3) is 4.80. The van der Waals surface area contributed by atoms with Crippen LogP contribution in [0.2, 0.25) is 0 Å². The zero-order chi connectivity index (χ0) is 20.8. The van der Waals surface area contributed by atoms with Crippen molar-refractivity contribution in [3.8, 4) is 23.0 Å². The Morgan fingerprint density at radius 1 is 1.00 bits per heavy atom. The maximum Gasteiger partial charge on any atom is 0.260 e. The fourth-order valence-corrected chi connectivity index (χ4v) is 3.21. The van der Waals surface area contributed by atoms with Gasteiger partial charge in [-0.2, -0.15) is 0 Å². The summed E-state index contributed by atoms with van der Waals surface area (Å²) in [6.07, 6.45) is 2.65. The lowest BCUT2D eigenvalue weighted by Crippen LogP contribution is -2.37. The number of hydrogen-bond donors (Lipinski definition) is 0. The molecule has 2 aromatic rings. The van der Waals surface area contributed by atoms with Gasteiger partial charge in [0.05, 0.1) is 26.9 Å². The molecule has 2 aromatic carbocycles. The van der Waals surface area contributed by atoms with Crippen LogP contribution in [0.25, 0.3) is 5.57 Å². The third-order valence-corrected chi connectivity index (χ3v) is 4.77. The molecule has 0 aromatic heterocycles. The molecule has 1 aliphatic rings. The molecule has 0 atom stereocenters. The Morgan fingerprint density at radius 3 is 2.17 bits per heavy atom. The Hall–Kier alpha value is -3.22. The van der Waals surface area contributed by atoms with Crippen molar-refractivity contribution < 1.29 is 28.1 Å². The molecule has 0 spiro atoms. The number of carbonyl (C=O) groups is 1. The smallest absolute Gasteiger partial charge is 0.260 e. The van der Waals surface area contributed by atoms with Crippen LogP contribution >= 0.6 is 0 Å². The van der Waals surface area contributed by atoms with E-state index in [1.54, 1.807) is 26.2 Å². The average molecular weight is 401 g/mol. The Labute approximate surface area is 169 Å². The molecule has 0 saturated carbocycles. The summed E-state index contributed by atoms with van der Waals surface area (Å²) < 4.78 is 34.7. The summed E-state index contributed by atoms with van der Waals surface area (Å²) in [6, 6.07) is 9.22. The lowest BCUT2D eigenvalue weighted by atomic mass is 9.97. The van der Waals surface area contributed by atoms with Gasteiger partial charge in [-0.05, 0) is 36.3 Å². The van der Waals surface area contributed by atoms with Gasteiger partial charge in [-0.15, -0.1) is 0 Å². The van der Waals surface area contributed by atoms with Gasteiger partial charge in [0.15, 0.2) is 6.61 Å². The topological polar surface area (TPSA) is 57.2 Å². The first-order valence-corrected chi connectivity index (χ1v) is 9.21. The molecule has 1 amide bonds. The lowest BCUT2D eigenvalue weighted by Gasteiger charge is -2.28. The minimum Gasteiger partial charge on any atom is -0.496 e. The van der Waals surface area contributed by atoms with E-state index < -0.39 is 0 Å². The maximum absolute atomic E-state index is 12.9. The normalized spacial score (nSPS) is 13.5. The molecule has 0 aliphatic carbocycles. The zero-order valence-electron chi connectivity index (χ0n) is 16.7. The Balaban J connectivity index is 1.68. The fraction of sp³-hybridized carbons (Fsp3) is 0.318. The number of benzene rings is 2. The summed E-state index contributed by atoms with van der Waals surface area (Å²) in [6.45, 7) is 0.916. The molecule has 0 bridgehead atoms. The second kappa shape index (κ2) is 9.32. The second-order valence-electron chi connectivity index (χ2n) is 6.47. The van der Waals surface area contributed by atoms with E-state index in [2.05, 4.69) is 0 Å². The van der Waals surface area contributed by atoms with Crippen LogP contribution in [-0.2, 0) is 4.79 Å². The van der Waals surface area contributed by atoms with Crippen molar-refractivity contribution in [2.75, 3.05) is 41.0 Å². The van der Waals surface area contributed by atoms with E-state index in [1.165, 1.54) is 24.3 Å². The van der Waals surface area contributed by atoms with Gasteiger partial charge in [0.1, 0.15) is 28.8 Å². The summed E-state index contributed by atoms with van der Waals surface area (Å²) in [4.78, 5) is 14.2. The van der Waals surface area contributed by atoms with Gasteiger partial charge in [0, 0.05) is 25.2 Å². The van der Waals surface area contributed by atoms with Gasteiger partial charge in [-0.3, -0.25) is 4.79 Å². The SMILES string of the molecule is COc1cc(OC)c(C2=CCN(C(=O)COc3ccc(F)cc3)CC2)c(OC)c1. The molecule has 29 heavy (non-hydrogen) atoms. The van der Waals surface area contributed by atoms with Crippen molar-refractivity contribution in [3.63, 3.8) is 0 Å². The third-order valence-electron chi connectivity index (χ3n) is 4.77. The zero-order valence-corrected chi connectivity index (χ0v) is 16.7. The van der Waals surface area contributed by atoms with Crippen molar-refractivity contribution in [2.24, 2.45) is 0 Å². The van der Waals surface area contributed by atoms with Crippen molar-refractivity contribution in [2.45, 2.75) is 6.42 Å². The quantitative estimate of drug-likeness (QED) is 0.710. The Kier molecular flexibility index (Phi) is 6.59. The van der Waals surface area contributed by atoms with E-state index in [1.807, 2.05) is 18.2 Å². The first kappa shape index (κ1) is 20.5. The molecule has 0 fully saturated rings. The largest absolute Gasteiger partial charge is 0.496 e. The molecule has 3 rings (SSSR count). The number of nitrogens with zero attached hydrogens (tertiary/aromatic N) is 1. The van der Waals surface area contributed by atoms with Crippen LogP contribution < -0.4 is 18.9 Å². The fourth-order valence-electron chi connectivity index (χ4n) is 3.21. The van der Waals surface area contributed by atoms with E-state index in [9.17, 15) is 9.18 Å². The molecular formula is C22H24FNO5. The predicted octanol–water partition coefficient (Wildman–Crippen LogP) is 3.55. The number of amides is 1. The highest BCUT2D eigenvalue weighted by Gasteiger charge is 2.23. The highest BCUT2D eigenvalue weighted by Crippen LogP contribution is 2.40. The van der Waals surface area contributed by atoms with Gasteiger partial charge in [0.25, 0.3) is 5.91 Å². The first-order chi connectivity index (χ1) is 14.0. The van der Waals surface area contributed by atoms with Crippen LogP contribution in [-0.4, -0.2) is 51.8 Å². The van der Waals surface area contributed by atoms with Crippen molar-refractivity contribution in [1.82, 2.24) is 4.90 Å². The molecular weight excluding hydrogens is 377 g/mol. The molecule has 1 heterocycles. The minimum atomic E-state index is -0.346. The molecule has 6 nitrogen and oxygen atoms in total. The van der Waals surface area contributed by atoms with Gasteiger partial charge < -0.3 is 23.8 Å².